The Morgan fingerprint density at radius 3 is 2.91 bits per heavy atom. The summed E-state index contributed by atoms with van der Waals surface area (Å²) >= 11 is 7.54. The number of hydrogen-bond donors (Lipinski definition) is 1. The molecule has 1 unspecified atom stereocenters. The van der Waals surface area contributed by atoms with Gasteiger partial charge in [-0.25, -0.2) is 4.98 Å². The Balaban J connectivity index is 1.71. The van der Waals surface area contributed by atoms with Gasteiger partial charge >= 0.3 is 0 Å². The number of aromatic nitrogens is 1. The normalized spacial score (nSPS) is 17.8. The van der Waals surface area contributed by atoms with Crippen LogP contribution in [0.2, 0.25) is 5.02 Å². The van der Waals surface area contributed by atoms with E-state index in [0.717, 1.165) is 4.88 Å². The van der Waals surface area contributed by atoms with Crippen molar-refractivity contribution in [3.63, 3.8) is 0 Å². The van der Waals surface area contributed by atoms with Crippen LogP contribution >= 0.6 is 22.9 Å². The Morgan fingerprint density at radius 1 is 1.45 bits per heavy atom. The molecule has 7 heteroatoms. The molecule has 0 bridgehead atoms. The first-order chi connectivity index (χ1) is 10.5. The van der Waals surface area contributed by atoms with E-state index < -0.39 is 5.92 Å². The Morgan fingerprint density at radius 2 is 2.23 bits per heavy atom. The molecule has 1 aliphatic heterocycles. The SMILES string of the molecule is Cc1cnc(NC(=O)C2CC(=O)N(c3ccccc3Cl)C2)s1. The number of nitrogens with one attached hydrogen (secondary N) is 1. The zero-order valence-corrected chi connectivity index (χ0v) is 13.4. The first-order valence-corrected chi connectivity index (χ1v) is 8.02. The summed E-state index contributed by atoms with van der Waals surface area (Å²) in [5, 5.41) is 3.84. The summed E-state index contributed by atoms with van der Waals surface area (Å²) in [4.78, 5) is 31.1. The van der Waals surface area contributed by atoms with Gasteiger partial charge in [-0.2, -0.15) is 0 Å². The second-order valence-electron chi connectivity index (χ2n) is 5.12. The van der Waals surface area contributed by atoms with Crippen molar-refractivity contribution >= 4 is 45.6 Å². The van der Waals surface area contributed by atoms with Crippen molar-refractivity contribution in [2.45, 2.75) is 13.3 Å². The van der Waals surface area contributed by atoms with E-state index in [1.54, 1.807) is 29.3 Å². The lowest BCUT2D eigenvalue weighted by atomic mass is 10.1. The number of carbonyl (C=O) groups is 2. The Labute approximate surface area is 136 Å². The Kier molecular flexibility index (Phi) is 4.13. The summed E-state index contributed by atoms with van der Waals surface area (Å²) in [6.07, 6.45) is 1.89. The quantitative estimate of drug-likeness (QED) is 0.937. The highest BCUT2D eigenvalue weighted by atomic mass is 35.5. The molecule has 1 fully saturated rings. The van der Waals surface area contributed by atoms with E-state index in [0.29, 0.717) is 22.4 Å². The number of para-hydroxylation sites is 1. The Hall–Kier alpha value is -1.92. The van der Waals surface area contributed by atoms with Gasteiger partial charge in [0, 0.05) is 24.0 Å². The average Bonchev–Trinajstić information content (AvgIpc) is 3.06. The summed E-state index contributed by atoms with van der Waals surface area (Å²) < 4.78 is 0. The summed E-state index contributed by atoms with van der Waals surface area (Å²) in [5.41, 5.74) is 0.648. The molecule has 1 aliphatic rings. The van der Waals surface area contributed by atoms with Crippen LogP contribution in [0.4, 0.5) is 10.8 Å². The van der Waals surface area contributed by atoms with Crippen LogP contribution in [0.25, 0.3) is 0 Å². The summed E-state index contributed by atoms with van der Waals surface area (Å²) in [6.45, 7) is 2.25. The molecule has 1 N–H and O–H groups in total. The minimum Gasteiger partial charge on any atom is -0.310 e. The highest BCUT2D eigenvalue weighted by Gasteiger charge is 2.36. The first-order valence-electron chi connectivity index (χ1n) is 6.83. The fraction of sp³-hybridized carbons (Fsp3) is 0.267. The third-order valence-corrected chi connectivity index (χ3v) is 4.64. The molecular weight excluding hydrogens is 322 g/mol. The highest BCUT2D eigenvalue weighted by molar-refractivity contribution is 7.15. The van der Waals surface area contributed by atoms with Crippen molar-refractivity contribution in [1.82, 2.24) is 4.98 Å². The van der Waals surface area contributed by atoms with Gasteiger partial charge in [0.25, 0.3) is 0 Å². The van der Waals surface area contributed by atoms with Crippen LogP contribution < -0.4 is 10.2 Å². The second kappa shape index (κ2) is 6.06. The van der Waals surface area contributed by atoms with Crippen LogP contribution in [-0.4, -0.2) is 23.3 Å². The first kappa shape index (κ1) is 15.0. The van der Waals surface area contributed by atoms with Crippen LogP contribution in [0.1, 0.15) is 11.3 Å². The minimum atomic E-state index is -0.395. The number of carbonyl (C=O) groups excluding carboxylic acids is 2. The summed E-state index contributed by atoms with van der Waals surface area (Å²) in [7, 11) is 0. The third-order valence-electron chi connectivity index (χ3n) is 3.49. The molecule has 114 valence electrons. The van der Waals surface area contributed by atoms with Crippen LogP contribution in [0.15, 0.2) is 30.5 Å². The fourth-order valence-electron chi connectivity index (χ4n) is 2.41. The molecule has 1 aromatic carbocycles. The molecule has 2 amide bonds. The molecule has 1 atom stereocenters. The van der Waals surface area contributed by atoms with Crippen molar-refractivity contribution < 1.29 is 9.59 Å². The minimum absolute atomic E-state index is 0.0939. The van der Waals surface area contributed by atoms with Gasteiger partial charge in [-0.05, 0) is 19.1 Å². The van der Waals surface area contributed by atoms with Gasteiger partial charge in [0.05, 0.1) is 16.6 Å². The molecule has 0 saturated carbocycles. The van der Waals surface area contributed by atoms with Crippen LogP contribution in [0.5, 0.6) is 0 Å². The van der Waals surface area contributed by atoms with Crippen molar-refractivity contribution in [3.8, 4) is 0 Å². The predicted molar refractivity (Wildman–Crippen MR) is 87.4 cm³/mol. The maximum atomic E-state index is 12.3. The molecular formula is C15H14ClN3O2S. The molecule has 1 saturated heterocycles. The van der Waals surface area contributed by atoms with Gasteiger partial charge in [-0.15, -0.1) is 11.3 Å². The fourth-order valence-corrected chi connectivity index (χ4v) is 3.31. The second-order valence-corrected chi connectivity index (χ2v) is 6.76. The lowest BCUT2D eigenvalue weighted by molar-refractivity contribution is -0.122. The van der Waals surface area contributed by atoms with E-state index in [9.17, 15) is 9.59 Å². The van der Waals surface area contributed by atoms with Crippen molar-refractivity contribution in [1.29, 1.82) is 0 Å². The van der Waals surface area contributed by atoms with E-state index in [1.807, 2.05) is 13.0 Å². The number of rotatable bonds is 3. The number of nitrogens with zero attached hydrogens (tertiary/aromatic N) is 2. The van der Waals surface area contributed by atoms with Crippen molar-refractivity contribution in [3.05, 3.63) is 40.4 Å². The number of aryl methyl sites for hydroxylation is 1. The van der Waals surface area contributed by atoms with Crippen molar-refractivity contribution in [2.24, 2.45) is 5.92 Å². The largest absolute Gasteiger partial charge is 0.310 e. The van der Waals surface area contributed by atoms with Gasteiger partial charge < -0.3 is 10.2 Å². The lowest BCUT2D eigenvalue weighted by Gasteiger charge is -2.17. The number of anilines is 2. The number of thiazole rings is 1. The van der Waals surface area contributed by atoms with Gasteiger partial charge in [0.2, 0.25) is 11.8 Å². The molecule has 5 nitrogen and oxygen atoms in total. The lowest BCUT2D eigenvalue weighted by Crippen LogP contribution is -2.28. The molecule has 0 radical (unpaired) electrons. The van der Waals surface area contributed by atoms with Crippen LogP contribution in [0.3, 0.4) is 0 Å². The van der Waals surface area contributed by atoms with Gasteiger partial charge in [0.15, 0.2) is 5.13 Å². The summed E-state index contributed by atoms with van der Waals surface area (Å²) in [6, 6.07) is 7.14. The standard InChI is InChI=1S/C15H14ClN3O2S/c1-9-7-17-15(22-9)18-14(21)10-6-13(20)19(8-10)12-5-3-2-4-11(12)16/h2-5,7,10H,6,8H2,1H3,(H,17,18,21). The van der Waals surface area contributed by atoms with E-state index in [1.165, 1.54) is 11.3 Å². The summed E-state index contributed by atoms with van der Waals surface area (Å²) in [5.74, 6) is -0.672. The van der Waals surface area contributed by atoms with E-state index in [2.05, 4.69) is 10.3 Å². The molecule has 0 spiro atoms. The Bertz CT molecular complexity index is 731. The number of benzene rings is 1. The maximum absolute atomic E-state index is 12.3. The third kappa shape index (κ3) is 2.98. The molecule has 1 aromatic heterocycles. The van der Waals surface area contributed by atoms with E-state index in [4.69, 9.17) is 11.6 Å². The molecule has 22 heavy (non-hydrogen) atoms. The molecule has 3 rings (SSSR count). The van der Waals surface area contributed by atoms with Crippen LogP contribution in [0, 0.1) is 12.8 Å². The highest BCUT2D eigenvalue weighted by Crippen LogP contribution is 2.31. The smallest absolute Gasteiger partial charge is 0.231 e. The molecule has 2 aromatic rings. The maximum Gasteiger partial charge on any atom is 0.231 e. The predicted octanol–water partition coefficient (Wildman–Crippen LogP) is 3.10. The number of amides is 2. The van der Waals surface area contributed by atoms with Crippen molar-refractivity contribution in [2.75, 3.05) is 16.8 Å². The monoisotopic (exact) mass is 335 g/mol. The average molecular weight is 336 g/mol. The van der Waals surface area contributed by atoms with Gasteiger partial charge in [-0.1, -0.05) is 23.7 Å². The zero-order chi connectivity index (χ0) is 15.7. The molecule has 2 heterocycles. The molecule has 0 aliphatic carbocycles. The van der Waals surface area contributed by atoms with Gasteiger partial charge in [0.1, 0.15) is 0 Å². The number of halogens is 1. The topological polar surface area (TPSA) is 62.3 Å². The zero-order valence-electron chi connectivity index (χ0n) is 11.9. The number of hydrogen-bond acceptors (Lipinski definition) is 4. The van der Waals surface area contributed by atoms with Crippen LogP contribution in [-0.2, 0) is 9.59 Å². The van der Waals surface area contributed by atoms with E-state index >= 15 is 0 Å². The van der Waals surface area contributed by atoms with Gasteiger partial charge in [-0.3, -0.25) is 9.59 Å². The van der Waals surface area contributed by atoms with E-state index in [-0.39, 0.29) is 18.2 Å².